The number of carbonyl (C=O) groups excluding carboxylic acids is 2. The molecule has 0 aromatic rings. The summed E-state index contributed by atoms with van der Waals surface area (Å²) in [6.45, 7) is 5.63. The van der Waals surface area contributed by atoms with Gasteiger partial charge < -0.3 is 21.7 Å². The fourth-order valence-corrected chi connectivity index (χ4v) is 2.43. The predicted octanol–water partition coefficient (Wildman–Crippen LogP) is -0.574. The van der Waals surface area contributed by atoms with Gasteiger partial charge in [-0.2, -0.15) is 0 Å². The third-order valence-corrected chi connectivity index (χ3v) is 3.34. The zero-order valence-electron chi connectivity index (χ0n) is 11.9. The van der Waals surface area contributed by atoms with Gasteiger partial charge in [-0.05, 0) is 25.2 Å². The highest BCUT2D eigenvalue weighted by molar-refractivity contribution is 5.81. The summed E-state index contributed by atoms with van der Waals surface area (Å²) in [6, 6.07) is -0.286. The second kappa shape index (κ2) is 7.45. The van der Waals surface area contributed by atoms with Crippen LogP contribution >= 0.6 is 0 Å². The number of rotatable bonds is 6. The van der Waals surface area contributed by atoms with Gasteiger partial charge in [-0.3, -0.25) is 9.59 Å². The number of hydrogen-bond donors (Lipinski definition) is 3. The first-order chi connectivity index (χ1) is 8.90. The lowest BCUT2D eigenvalue weighted by Gasteiger charge is -2.34. The molecule has 1 fully saturated rings. The van der Waals surface area contributed by atoms with Crippen LogP contribution in [0.1, 0.15) is 33.1 Å². The van der Waals surface area contributed by atoms with Crippen LogP contribution in [-0.4, -0.2) is 48.4 Å². The van der Waals surface area contributed by atoms with Gasteiger partial charge in [-0.1, -0.05) is 13.8 Å². The van der Waals surface area contributed by atoms with Crippen molar-refractivity contribution >= 4 is 11.8 Å². The minimum absolute atomic E-state index is 0.0132. The van der Waals surface area contributed by atoms with E-state index in [9.17, 15) is 9.59 Å². The van der Waals surface area contributed by atoms with Gasteiger partial charge in [0.2, 0.25) is 11.8 Å². The van der Waals surface area contributed by atoms with Crippen LogP contribution in [-0.2, 0) is 9.59 Å². The van der Waals surface area contributed by atoms with Gasteiger partial charge in [0.1, 0.15) is 0 Å². The van der Waals surface area contributed by atoms with Crippen molar-refractivity contribution < 1.29 is 9.59 Å². The molecule has 6 heteroatoms. The van der Waals surface area contributed by atoms with Crippen molar-refractivity contribution in [2.24, 2.45) is 17.4 Å². The quantitative estimate of drug-likeness (QED) is 0.601. The molecule has 0 aliphatic carbocycles. The summed E-state index contributed by atoms with van der Waals surface area (Å²) in [5.41, 5.74) is 11.0. The average Bonchev–Trinajstić information content (AvgIpc) is 2.35. The minimum atomic E-state index is -0.421. The zero-order chi connectivity index (χ0) is 14.4. The standard InChI is InChI=1S/C13H26N4O2/c1-9(2)6-11(14)13(19)17-5-3-4-10(8-17)16-7-12(15)18/h9-11,16H,3-8,14H2,1-2H3,(H2,15,18)/t10-,11+/m1/s1. The topological polar surface area (TPSA) is 101 Å². The van der Waals surface area contributed by atoms with E-state index < -0.39 is 6.04 Å². The van der Waals surface area contributed by atoms with Crippen LogP contribution in [0.4, 0.5) is 0 Å². The smallest absolute Gasteiger partial charge is 0.239 e. The molecule has 0 bridgehead atoms. The fraction of sp³-hybridized carbons (Fsp3) is 0.846. The Morgan fingerprint density at radius 2 is 2.11 bits per heavy atom. The van der Waals surface area contributed by atoms with Crippen LogP contribution in [0.3, 0.4) is 0 Å². The average molecular weight is 270 g/mol. The molecular weight excluding hydrogens is 244 g/mol. The third kappa shape index (κ3) is 5.57. The molecule has 1 heterocycles. The van der Waals surface area contributed by atoms with Crippen LogP contribution in [0.15, 0.2) is 0 Å². The Morgan fingerprint density at radius 1 is 1.42 bits per heavy atom. The van der Waals surface area contributed by atoms with E-state index in [1.165, 1.54) is 0 Å². The van der Waals surface area contributed by atoms with Gasteiger partial charge in [0.05, 0.1) is 12.6 Å². The normalized spacial score (nSPS) is 21.5. The van der Waals surface area contributed by atoms with E-state index in [2.05, 4.69) is 19.2 Å². The van der Waals surface area contributed by atoms with E-state index in [1.807, 2.05) is 0 Å². The van der Waals surface area contributed by atoms with Crippen molar-refractivity contribution in [1.29, 1.82) is 0 Å². The van der Waals surface area contributed by atoms with Crippen molar-refractivity contribution in [3.8, 4) is 0 Å². The van der Waals surface area contributed by atoms with Crippen molar-refractivity contribution in [3.05, 3.63) is 0 Å². The van der Waals surface area contributed by atoms with Crippen LogP contribution in [0.25, 0.3) is 0 Å². The Morgan fingerprint density at radius 3 is 2.68 bits per heavy atom. The van der Waals surface area contributed by atoms with Crippen LogP contribution in [0.5, 0.6) is 0 Å². The third-order valence-electron chi connectivity index (χ3n) is 3.34. The van der Waals surface area contributed by atoms with Gasteiger partial charge in [-0.15, -0.1) is 0 Å². The number of hydrogen-bond acceptors (Lipinski definition) is 4. The van der Waals surface area contributed by atoms with Crippen molar-refractivity contribution in [3.63, 3.8) is 0 Å². The van der Waals surface area contributed by atoms with Crippen molar-refractivity contribution in [2.75, 3.05) is 19.6 Å². The molecule has 1 aliphatic heterocycles. The Bertz CT molecular complexity index is 320. The number of nitrogens with one attached hydrogen (secondary N) is 1. The van der Waals surface area contributed by atoms with Gasteiger partial charge in [0.15, 0.2) is 0 Å². The molecule has 2 amide bonds. The van der Waals surface area contributed by atoms with Gasteiger partial charge in [0.25, 0.3) is 0 Å². The summed E-state index contributed by atoms with van der Waals surface area (Å²) >= 11 is 0. The molecule has 6 nitrogen and oxygen atoms in total. The number of amides is 2. The van der Waals surface area contributed by atoms with Gasteiger partial charge in [-0.25, -0.2) is 0 Å². The predicted molar refractivity (Wildman–Crippen MR) is 74.2 cm³/mol. The monoisotopic (exact) mass is 270 g/mol. The Balaban J connectivity index is 2.44. The molecule has 1 saturated heterocycles. The first-order valence-corrected chi connectivity index (χ1v) is 6.96. The number of piperidine rings is 1. The molecule has 2 atom stereocenters. The molecule has 19 heavy (non-hydrogen) atoms. The summed E-state index contributed by atoms with van der Waals surface area (Å²) < 4.78 is 0. The zero-order valence-corrected chi connectivity index (χ0v) is 11.9. The largest absolute Gasteiger partial charge is 0.369 e. The first-order valence-electron chi connectivity index (χ1n) is 6.96. The van der Waals surface area contributed by atoms with E-state index in [0.29, 0.717) is 18.9 Å². The van der Waals surface area contributed by atoms with E-state index in [4.69, 9.17) is 11.5 Å². The summed E-state index contributed by atoms with van der Waals surface area (Å²) in [6.07, 6.45) is 2.59. The second-order valence-electron chi connectivity index (χ2n) is 5.71. The van der Waals surface area contributed by atoms with Crippen LogP contribution in [0, 0.1) is 5.92 Å². The lowest BCUT2D eigenvalue weighted by Crippen LogP contribution is -2.53. The maximum Gasteiger partial charge on any atom is 0.239 e. The molecule has 0 unspecified atom stereocenters. The molecule has 110 valence electrons. The molecular formula is C13H26N4O2. The SMILES string of the molecule is CC(C)C[C@H](N)C(=O)N1CCC[C@@H](NCC(N)=O)C1. The highest BCUT2D eigenvalue weighted by Gasteiger charge is 2.27. The number of primary amides is 1. The maximum atomic E-state index is 12.2. The summed E-state index contributed by atoms with van der Waals surface area (Å²) in [7, 11) is 0. The minimum Gasteiger partial charge on any atom is -0.369 e. The van der Waals surface area contributed by atoms with Crippen molar-refractivity contribution in [2.45, 2.75) is 45.2 Å². The lowest BCUT2D eigenvalue weighted by molar-refractivity contribution is -0.134. The highest BCUT2D eigenvalue weighted by Crippen LogP contribution is 2.13. The number of nitrogens with two attached hydrogens (primary N) is 2. The molecule has 5 N–H and O–H groups in total. The van der Waals surface area contributed by atoms with Gasteiger partial charge in [0, 0.05) is 19.1 Å². The summed E-state index contributed by atoms with van der Waals surface area (Å²) in [4.78, 5) is 24.7. The van der Waals surface area contributed by atoms with Crippen LogP contribution < -0.4 is 16.8 Å². The van der Waals surface area contributed by atoms with E-state index in [0.717, 1.165) is 19.4 Å². The molecule has 0 radical (unpaired) electrons. The molecule has 0 aromatic carbocycles. The summed E-state index contributed by atoms with van der Waals surface area (Å²) in [5.74, 6) is 0.0479. The van der Waals surface area contributed by atoms with E-state index in [1.54, 1.807) is 4.90 Å². The Hall–Kier alpha value is -1.14. The molecule has 0 spiro atoms. The highest BCUT2D eigenvalue weighted by atomic mass is 16.2. The Kier molecular flexibility index (Phi) is 6.24. The van der Waals surface area contributed by atoms with E-state index >= 15 is 0 Å². The molecule has 0 aromatic heterocycles. The number of carbonyl (C=O) groups is 2. The lowest BCUT2D eigenvalue weighted by atomic mass is 10.0. The number of nitrogens with zero attached hydrogens (tertiary/aromatic N) is 1. The second-order valence-corrected chi connectivity index (χ2v) is 5.71. The first kappa shape index (κ1) is 15.9. The van der Waals surface area contributed by atoms with Crippen molar-refractivity contribution in [1.82, 2.24) is 10.2 Å². The maximum absolute atomic E-state index is 12.2. The molecule has 1 aliphatic rings. The molecule has 0 saturated carbocycles. The molecule has 1 rings (SSSR count). The van der Waals surface area contributed by atoms with Crippen LogP contribution in [0.2, 0.25) is 0 Å². The summed E-state index contributed by atoms with van der Waals surface area (Å²) in [5, 5.41) is 3.08. The Labute approximate surface area is 114 Å². The van der Waals surface area contributed by atoms with Gasteiger partial charge >= 0.3 is 0 Å². The van der Waals surface area contributed by atoms with E-state index in [-0.39, 0.29) is 24.4 Å². The number of likely N-dealkylation sites (tertiary alicyclic amines) is 1. The fourth-order valence-electron chi connectivity index (χ4n) is 2.43.